The summed E-state index contributed by atoms with van der Waals surface area (Å²) >= 11 is 0. The Kier molecular flexibility index (Phi) is 7.22. The summed E-state index contributed by atoms with van der Waals surface area (Å²) in [4.78, 5) is 3.91. The van der Waals surface area contributed by atoms with Gasteiger partial charge in [-0.05, 0) is 76.9 Å². The standard InChI is InChI=1S/C50H30N4/c1-52-44-23-14-19-35(32-51)50(44)43-30-41(34-17-6-3-7-18-34)49(31-40(43)33-15-4-2-5-16-33)54-47-26-13-10-22-39(47)42-29-36(27-28-48(42)54)53-45-24-11-8-20-37(45)38-21-9-12-25-46(38)53/h2-31H. The van der Waals surface area contributed by atoms with E-state index < -0.39 is 0 Å². The molecule has 8 aromatic carbocycles. The van der Waals surface area contributed by atoms with E-state index in [1.54, 1.807) is 18.2 Å². The summed E-state index contributed by atoms with van der Waals surface area (Å²) in [6.45, 7) is 8.10. The lowest BCUT2D eigenvalue weighted by Gasteiger charge is -2.21. The van der Waals surface area contributed by atoms with Gasteiger partial charge in [-0.2, -0.15) is 5.26 Å². The number of rotatable bonds is 5. The van der Waals surface area contributed by atoms with Crippen LogP contribution >= 0.6 is 0 Å². The Balaban J connectivity index is 1.31. The van der Waals surface area contributed by atoms with E-state index in [0.29, 0.717) is 16.8 Å². The van der Waals surface area contributed by atoms with Crippen molar-refractivity contribution in [1.82, 2.24) is 9.13 Å². The number of hydrogen-bond donors (Lipinski definition) is 0. The number of nitriles is 1. The molecular weight excluding hydrogens is 657 g/mol. The highest BCUT2D eigenvalue weighted by Crippen LogP contribution is 2.46. The first-order chi connectivity index (χ1) is 26.7. The number of benzene rings is 8. The van der Waals surface area contributed by atoms with Crippen molar-refractivity contribution in [2.24, 2.45) is 0 Å². The molecule has 2 heterocycles. The fourth-order valence-electron chi connectivity index (χ4n) is 8.26. The zero-order valence-corrected chi connectivity index (χ0v) is 29.1. The van der Waals surface area contributed by atoms with E-state index in [9.17, 15) is 5.26 Å². The predicted octanol–water partition coefficient (Wildman–Crippen LogP) is 13.3. The molecule has 0 amide bonds. The average molecular weight is 687 g/mol. The predicted molar refractivity (Wildman–Crippen MR) is 222 cm³/mol. The summed E-state index contributed by atoms with van der Waals surface area (Å²) in [7, 11) is 0. The van der Waals surface area contributed by atoms with Gasteiger partial charge in [-0.1, -0.05) is 127 Å². The zero-order chi connectivity index (χ0) is 36.2. The molecule has 0 N–H and O–H groups in total. The molecule has 0 unspecified atom stereocenters. The Morgan fingerprint density at radius 3 is 1.59 bits per heavy atom. The highest BCUT2D eigenvalue weighted by Gasteiger charge is 2.23. The topological polar surface area (TPSA) is 38.0 Å². The average Bonchev–Trinajstić information content (AvgIpc) is 3.76. The van der Waals surface area contributed by atoms with Crippen LogP contribution in [-0.2, 0) is 0 Å². The molecule has 4 heteroatoms. The van der Waals surface area contributed by atoms with E-state index in [2.05, 4.69) is 160 Å². The molecule has 0 aliphatic carbocycles. The van der Waals surface area contributed by atoms with E-state index in [1.165, 1.54) is 21.8 Å². The molecule has 0 atom stereocenters. The van der Waals surface area contributed by atoms with Crippen LogP contribution in [0.15, 0.2) is 182 Å². The normalized spacial score (nSPS) is 11.3. The van der Waals surface area contributed by atoms with Gasteiger partial charge in [0, 0.05) is 43.9 Å². The molecule has 0 fully saturated rings. The van der Waals surface area contributed by atoms with Crippen LogP contribution in [0.5, 0.6) is 0 Å². The van der Waals surface area contributed by atoms with Crippen molar-refractivity contribution in [1.29, 1.82) is 5.26 Å². The van der Waals surface area contributed by atoms with Crippen molar-refractivity contribution in [3.05, 3.63) is 199 Å². The smallest absolute Gasteiger partial charge is 0.196 e. The summed E-state index contributed by atoms with van der Waals surface area (Å²) in [5.74, 6) is 0. The molecule has 250 valence electrons. The summed E-state index contributed by atoms with van der Waals surface area (Å²) in [5.41, 5.74) is 13.1. The van der Waals surface area contributed by atoms with Crippen molar-refractivity contribution >= 4 is 49.3 Å². The van der Waals surface area contributed by atoms with Gasteiger partial charge in [0.2, 0.25) is 0 Å². The number of para-hydroxylation sites is 3. The Hall–Kier alpha value is -7.66. The van der Waals surface area contributed by atoms with Crippen LogP contribution in [0.3, 0.4) is 0 Å². The van der Waals surface area contributed by atoms with Crippen molar-refractivity contribution in [3.63, 3.8) is 0 Å². The lowest BCUT2D eigenvalue weighted by atomic mass is 9.87. The van der Waals surface area contributed by atoms with Crippen molar-refractivity contribution in [2.45, 2.75) is 0 Å². The van der Waals surface area contributed by atoms with Gasteiger partial charge in [0.1, 0.15) is 0 Å². The number of fused-ring (bicyclic) bond motifs is 6. The van der Waals surface area contributed by atoms with Crippen molar-refractivity contribution < 1.29 is 0 Å². The first-order valence-electron chi connectivity index (χ1n) is 18.0. The van der Waals surface area contributed by atoms with Crippen molar-refractivity contribution in [2.75, 3.05) is 0 Å². The maximum Gasteiger partial charge on any atom is 0.196 e. The molecule has 10 rings (SSSR count). The second-order valence-electron chi connectivity index (χ2n) is 13.5. The minimum atomic E-state index is 0.451. The number of aromatic nitrogens is 2. The second-order valence-corrected chi connectivity index (χ2v) is 13.5. The summed E-state index contributed by atoms with van der Waals surface area (Å²) < 4.78 is 4.75. The van der Waals surface area contributed by atoms with Crippen LogP contribution in [0.4, 0.5) is 5.69 Å². The van der Waals surface area contributed by atoms with E-state index in [-0.39, 0.29) is 0 Å². The molecule has 0 saturated carbocycles. The van der Waals surface area contributed by atoms with Gasteiger partial charge >= 0.3 is 0 Å². The Morgan fingerprint density at radius 2 is 0.981 bits per heavy atom. The van der Waals surface area contributed by atoms with Crippen LogP contribution < -0.4 is 0 Å². The zero-order valence-electron chi connectivity index (χ0n) is 29.1. The molecule has 2 aromatic heterocycles. The second kappa shape index (κ2) is 12.5. The lowest BCUT2D eigenvalue weighted by molar-refractivity contribution is 1.17. The molecule has 10 aromatic rings. The maximum atomic E-state index is 10.3. The summed E-state index contributed by atoms with van der Waals surface area (Å²) in [5, 5.41) is 15.1. The maximum absolute atomic E-state index is 10.3. The number of nitrogens with zero attached hydrogens (tertiary/aromatic N) is 4. The number of hydrogen-bond acceptors (Lipinski definition) is 1. The third-order valence-corrected chi connectivity index (χ3v) is 10.6. The third kappa shape index (κ3) is 4.76. The molecule has 0 bridgehead atoms. The molecular formula is C50H30N4. The van der Waals surface area contributed by atoms with Gasteiger partial charge in [0.25, 0.3) is 0 Å². The van der Waals surface area contributed by atoms with E-state index in [4.69, 9.17) is 6.57 Å². The quantitative estimate of drug-likeness (QED) is 0.166. The largest absolute Gasteiger partial charge is 0.309 e. The Labute approximate surface area is 312 Å². The molecule has 0 spiro atoms. The van der Waals surface area contributed by atoms with Gasteiger partial charge in [0.15, 0.2) is 5.69 Å². The van der Waals surface area contributed by atoms with Gasteiger partial charge in [-0.15, -0.1) is 0 Å². The Bertz CT molecular complexity index is 3090. The van der Waals surface area contributed by atoms with Crippen molar-refractivity contribution in [3.8, 4) is 50.8 Å². The summed E-state index contributed by atoms with van der Waals surface area (Å²) in [6, 6.07) is 65.6. The van der Waals surface area contributed by atoms with E-state index >= 15 is 0 Å². The minimum Gasteiger partial charge on any atom is -0.309 e. The van der Waals surface area contributed by atoms with Crippen LogP contribution in [-0.4, -0.2) is 9.13 Å². The van der Waals surface area contributed by atoms with Gasteiger partial charge in [-0.3, -0.25) is 0 Å². The highest BCUT2D eigenvalue weighted by molar-refractivity contribution is 6.13. The molecule has 4 nitrogen and oxygen atoms in total. The molecule has 0 radical (unpaired) electrons. The third-order valence-electron chi connectivity index (χ3n) is 10.6. The fourth-order valence-corrected chi connectivity index (χ4v) is 8.26. The van der Waals surface area contributed by atoms with Crippen LogP contribution in [0, 0.1) is 17.9 Å². The SMILES string of the molecule is [C-]#[N+]c1cccc(C#N)c1-c1cc(-c2ccccc2)c(-n2c3ccccc3c3cc(-n4c5ccccc5c5ccccc54)ccc32)cc1-c1ccccc1. The van der Waals surface area contributed by atoms with Crippen LogP contribution in [0.1, 0.15) is 5.56 Å². The molecule has 0 aliphatic heterocycles. The van der Waals surface area contributed by atoms with Gasteiger partial charge in [0.05, 0.1) is 40.4 Å². The van der Waals surface area contributed by atoms with Gasteiger partial charge in [-0.25, -0.2) is 4.85 Å². The lowest BCUT2D eigenvalue weighted by Crippen LogP contribution is -2.01. The Morgan fingerprint density at radius 1 is 0.444 bits per heavy atom. The van der Waals surface area contributed by atoms with Crippen LogP contribution in [0.2, 0.25) is 0 Å². The van der Waals surface area contributed by atoms with E-state index in [1.807, 2.05) is 24.3 Å². The van der Waals surface area contributed by atoms with E-state index in [0.717, 1.165) is 61.0 Å². The fraction of sp³-hybridized carbons (Fsp3) is 0. The van der Waals surface area contributed by atoms with Crippen LogP contribution in [0.25, 0.3) is 93.2 Å². The molecule has 54 heavy (non-hydrogen) atoms. The van der Waals surface area contributed by atoms with Gasteiger partial charge < -0.3 is 9.13 Å². The molecule has 0 aliphatic rings. The first-order valence-corrected chi connectivity index (χ1v) is 18.0. The minimum absolute atomic E-state index is 0.451. The first kappa shape index (κ1) is 31.1. The summed E-state index contributed by atoms with van der Waals surface area (Å²) in [6.07, 6.45) is 0. The molecule has 0 saturated heterocycles. The highest BCUT2D eigenvalue weighted by atomic mass is 15.0. The monoisotopic (exact) mass is 686 g/mol.